The van der Waals surface area contributed by atoms with Crippen molar-refractivity contribution in [3.8, 4) is 17.4 Å². The van der Waals surface area contributed by atoms with E-state index in [-0.39, 0.29) is 11.7 Å². The van der Waals surface area contributed by atoms with Crippen molar-refractivity contribution in [1.82, 2.24) is 9.97 Å². The van der Waals surface area contributed by atoms with Crippen LogP contribution < -0.4 is 14.8 Å². The Balaban J connectivity index is 2.01. The summed E-state index contributed by atoms with van der Waals surface area (Å²) in [4.78, 5) is 18.9. The Bertz CT molecular complexity index is 1050. The molecule has 0 fully saturated rings. The van der Waals surface area contributed by atoms with Gasteiger partial charge < -0.3 is 14.8 Å². The maximum atomic E-state index is 11.7. The maximum Gasteiger partial charge on any atom is 0.373 e. The second-order valence-corrected chi connectivity index (χ2v) is 6.46. The Kier molecular flexibility index (Phi) is 5.81. The summed E-state index contributed by atoms with van der Waals surface area (Å²) in [5, 5.41) is 15.5. The maximum absolute atomic E-state index is 11.7. The Morgan fingerprint density at radius 3 is 2.61 bits per heavy atom. The first-order valence-corrected chi connectivity index (χ1v) is 8.68. The van der Waals surface area contributed by atoms with Crippen molar-refractivity contribution < 1.29 is 14.4 Å². The van der Waals surface area contributed by atoms with E-state index in [1.807, 2.05) is 0 Å². The van der Waals surface area contributed by atoms with E-state index >= 15 is 0 Å². The minimum absolute atomic E-state index is 0.0683. The molecule has 0 aliphatic heterocycles. The molecule has 1 heterocycles. The van der Waals surface area contributed by atoms with Gasteiger partial charge in [-0.25, -0.2) is 4.98 Å². The van der Waals surface area contributed by atoms with Crippen molar-refractivity contribution in [2.75, 3.05) is 12.4 Å². The molecule has 28 heavy (non-hydrogen) atoms. The average Bonchev–Trinajstić information content (AvgIpc) is 2.65. The minimum Gasteiger partial charge on any atom is -0.495 e. The topological polar surface area (TPSA) is 99.4 Å². The summed E-state index contributed by atoms with van der Waals surface area (Å²) < 4.78 is 10.9. The Labute approximate surface area is 170 Å². The second-order valence-electron chi connectivity index (χ2n) is 5.62. The van der Waals surface area contributed by atoms with Crippen LogP contribution in [0.25, 0.3) is 0 Å². The highest BCUT2D eigenvalue weighted by Crippen LogP contribution is 2.38. The summed E-state index contributed by atoms with van der Waals surface area (Å²) in [6.45, 7) is 1.79. The first-order chi connectivity index (χ1) is 13.4. The summed E-state index contributed by atoms with van der Waals surface area (Å²) >= 11 is 12.0. The van der Waals surface area contributed by atoms with Crippen LogP contribution in [0.1, 0.15) is 5.56 Å². The van der Waals surface area contributed by atoms with Crippen LogP contribution in [0, 0.1) is 17.0 Å². The number of hydrogen-bond acceptors (Lipinski definition) is 7. The number of rotatable bonds is 6. The molecule has 3 aromatic rings. The first kappa shape index (κ1) is 19.7. The lowest BCUT2D eigenvalue weighted by Crippen LogP contribution is -2.04. The van der Waals surface area contributed by atoms with Crippen molar-refractivity contribution in [2.45, 2.75) is 6.92 Å². The molecule has 0 amide bonds. The van der Waals surface area contributed by atoms with E-state index in [2.05, 4.69) is 15.3 Å². The van der Waals surface area contributed by atoms with Crippen molar-refractivity contribution in [1.29, 1.82) is 0 Å². The molecule has 0 atom stereocenters. The van der Waals surface area contributed by atoms with Gasteiger partial charge in [0.15, 0.2) is 0 Å². The van der Waals surface area contributed by atoms with Gasteiger partial charge in [-0.3, -0.25) is 10.1 Å². The van der Waals surface area contributed by atoms with Crippen LogP contribution in [0.3, 0.4) is 0 Å². The fourth-order valence-electron chi connectivity index (χ4n) is 2.39. The molecule has 3 rings (SSSR count). The molecule has 0 saturated heterocycles. The summed E-state index contributed by atoms with van der Waals surface area (Å²) in [6.07, 6.45) is 1.16. The molecule has 2 aromatic carbocycles. The smallest absolute Gasteiger partial charge is 0.373 e. The van der Waals surface area contributed by atoms with Crippen LogP contribution in [-0.2, 0) is 0 Å². The van der Waals surface area contributed by atoms with E-state index in [0.717, 1.165) is 11.9 Å². The third-order valence-corrected chi connectivity index (χ3v) is 4.39. The molecule has 0 bridgehead atoms. The van der Waals surface area contributed by atoms with E-state index in [9.17, 15) is 10.1 Å². The van der Waals surface area contributed by atoms with Crippen LogP contribution >= 0.6 is 23.2 Å². The molecule has 8 nitrogen and oxygen atoms in total. The molecule has 0 radical (unpaired) electrons. The fraction of sp³-hybridized carbons (Fsp3) is 0.111. The normalized spacial score (nSPS) is 10.4. The molecule has 144 valence electrons. The number of benzene rings is 2. The molecule has 0 spiro atoms. The Hall–Kier alpha value is -3.10. The van der Waals surface area contributed by atoms with Gasteiger partial charge in [0, 0.05) is 10.0 Å². The molecule has 0 saturated carbocycles. The molecule has 1 N–H and O–H groups in total. The molecular weight excluding hydrogens is 407 g/mol. The van der Waals surface area contributed by atoms with Crippen LogP contribution in [-0.4, -0.2) is 22.0 Å². The highest BCUT2D eigenvalue weighted by atomic mass is 35.5. The van der Waals surface area contributed by atoms with Gasteiger partial charge in [0.1, 0.15) is 17.8 Å². The van der Waals surface area contributed by atoms with E-state index in [0.29, 0.717) is 27.2 Å². The number of nitrogens with zero attached hydrogens (tertiary/aromatic N) is 3. The highest BCUT2D eigenvalue weighted by Gasteiger charge is 2.26. The number of nitrogens with one attached hydrogen (secondary N) is 1. The summed E-state index contributed by atoms with van der Waals surface area (Å²) in [6, 6.07) is 9.71. The average molecular weight is 421 g/mol. The van der Waals surface area contributed by atoms with Gasteiger partial charge in [-0.05, 0) is 48.9 Å². The van der Waals surface area contributed by atoms with Crippen molar-refractivity contribution in [3.63, 3.8) is 0 Å². The largest absolute Gasteiger partial charge is 0.495 e. The Morgan fingerprint density at radius 2 is 1.93 bits per heavy atom. The number of aromatic nitrogens is 2. The minimum atomic E-state index is -0.628. The van der Waals surface area contributed by atoms with Crippen LogP contribution in [0.5, 0.6) is 17.4 Å². The van der Waals surface area contributed by atoms with Crippen LogP contribution in [0.15, 0.2) is 42.7 Å². The number of aryl methyl sites for hydroxylation is 1. The predicted molar refractivity (Wildman–Crippen MR) is 106 cm³/mol. The number of methoxy groups -OCH3 is 1. The lowest BCUT2D eigenvalue weighted by atomic mass is 10.2. The highest BCUT2D eigenvalue weighted by molar-refractivity contribution is 6.31. The third-order valence-electron chi connectivity index (χ3n) is 3.73. The van der Waals surface area contributed by atoms with Gasteiger partial charge >= 0.3 is 11.6 Å². The van der Waals surface area contributed by atoms with Gasteiger partial charge in [0.05, 0.1) is 17.7 Å². The summed E-state index contributed by atoms with van der Waals surface area (Å²) in [7, 11) is 1.47. The monoisotopic (exact) mass is 420 g/mol. The molecular formula is C18H14Cl2N4O4. The van der Waals surface area contributed by atoms with E-state index in [1.54, 1.807) is 43.3 Å². The van der Waals surface area contributed by atoms with Gasteiger partial charge in [-0.15, -0.1) is 0 Å². The molecule has 0 unspecified atom stereocenters. The van der Waals surface area contributed by atoms with Crippen LogP contribution in [0.2, 0.25) is 10.0 Å². The van der Waals surface area contributed by atoms with Crippen LogP contribution in [0.4, 0.5) is 17.2 Å². The van der Waals surface area contributed by atoms with Gasteiger partial charge in [0.25, 0.3) is 0 Å². The molecule has 0 aliphatic rings. The number of halogens is 2. The van der Waals surface area contributed by atoms with E-state index in [4.69, 9.17) is 32.7 Å². The fourth-order valence-corrected chi connectivity index (χ4v) is 2.68. The Morgan fingerprint density at radius 1 is 1.14 bits per heavy atom. The van der Waals surface area contributed by atoms with Crippen molar-refractivity contribution in [3.05, 3.63) is 68.4 Å². The molecule has 0 aliphatic carbocycles. The molecule has 1 aromatic heterocycles. The van der Waals surface area contributed by atoms with Crippen molar-refractivity contribution in [2.24, 2.45) is 0 Å². The van der Waals surface area contributed by atoms with Crippen molar-refractivity contribution >= 4 is 40.4 Å². The number of nitro groups is 1. The number of hydrogen-bond donors (Lipinski definition) is 1. The third kappa shape index (κ3) is 4.24. The first-order valence-electron chi connectivity index (χ1n) is 7.93. The zero-order valence-electron chi connectivity index (χ0n) is 14.8. The lowest BCUT2D eigenvalue weighted by molar-refractivity contribution is -0.385. The molecule has 10 heteroatoms. The summed E-state index contributed by atoms with van der Waals surface area (Å²) in [5.74, 6) is 0.509. The zero-order chi connectivity index (χ0) is 20.3. The number of anilines is 2. The van der Waals surface area contributed by atoms with Gasteiger partial charge in [-0.1, -0.05) is 23.2 Å². The quantitative estimate of drug-likeness (QED) is 0.412. The number of ether oxygens (including phenoxy) is 2. The van der Waals surface area contributed by atoms with Gasteiger partial charge in [0.2, 0.25) is 5.82 Å². The SMILES string of the molecule is COc1ccc(Cl)cc1Nc1ncnc(Oc2ccc(Cl)c(C)c2)c1[N+](=O)[O-]. The second kappa shape index (κ2) is 8.28. The summed E-state index contributed by atoms with van der Waals surface area (Å²) in [5.41, 5.74) is 0.736. The lowest BCUT2D eigenvalue weighted by Gasteiger charge is -2.12. The predicted octanol–water partition coefficient (Wildman–Crippen LogP) is 5.54. The van der Waals surface area contributed by atoms with Gasteiger partial charge in [-0.2, -0.15) is 4.98 Å². The standard InChI is InChI=1S/C18H14Cl2N4O4/c1-10-7-12(4-5-13(10)20)28-18-16(24(25)26)17(21-9-22-18)23-14-8-11(19)3-6-15(14)27-2/h3-9H,1-2H3,(H,21,22,23). The zero-order valence-corrected chi connectivity index (χ0v) is 16.3. The van der Waals surface area contributed by atoms with E-state index in [1.165, 1.54) is 7.11 Å². The van der Waals surface area contributed by atoms with E-state index < -0.39 is 10.6 Å².